The normalized spacial score (nSPS) is 16.4. The first-order valence-electron chi connectivity index (χ1n) is 8.00. The van der Waals surface area contributed by atoms with Gasteiger partial charge in [-0.3, -0.25) is 9.59 Å². The molecule has 0 aromatic heterocycles. The van der Waals surface area contributed by atoms with Crippen molar-refractivity contribution in [1.82, 2.24) is 9.80 Å². The number of carboxylic acid groups (broad SMARTS) is 1. The molecule has 5 nitrogen and oxygen atoms in total. The Kier molecular flexibility index (Phi) is 5.93. The van der Waals surface area contributed by atoms with Gasteiger partial charge in [-0.05, 0) is 36.7 Å². The van der Waals surface area contributed by atoms with Gasteiger partial charge < -0.3 is 14.9 Å². The second-order valence-electron chi connectivity index (χ2n) is 5.85. The SMILES string of the molecule is CC/C(=C\CC(=O)O)c1ccc(C(=O)N2CCN(C)CC2)cc1. The summed E-state index contributed by atoms with van der Waals surface area (Å²) in [6.07, 6.45) is 2.52. The summed E-state index contributed by atoms with van der Waals surface area (Å²) in [6.45, 7) is 5.33. The Hall–Kier alpha value is -2.14. The van der Waals surface area contributed by atoms with Crippen LogP contribution in [0.2, 0.25) is 0 Å². The van der Waals surface area contributed by atoms with Crippen LogP contribution in [0.15, 0.2) is 30.3 Å². The zero-order valence-corrected chi connectivity index (χ0v) is 13.8. The van der Waals surface area contributed by atoms with Crippen LogP contribution in [0.25, 0.3) is 5.57 Å². The van der Waals surface area contributed by atoms with E-state index in [2.05, 4.69) is 11.9 Å². The molecule has 1 heterocycles. The minimum Gasteiger partial charge on any atom is -0.481 e. The molecule has 0 radical (unpaired) electrons. The van der Waals surface area contributed by atoms with Gasteiger partial charge in [0.2, 0.25) is 0 Å². The second kappa shape index (κ2) is 7.92. The van der Waals surface area contributed by atoms with Crippen molar-refractivity contribution in [3.63, 3.8) is 0 Å². The van der Waals surface area contributed by atoms with Crippen LogP contribution in [-0.4, -0.2) is 60.0 Å². The van der Waals surface area contributed by atoms with E-state index in [-0.39, 0.29) is 12.3 Å². The molecule has 1 aliphatic rings. The zero-order chi connectivity index (χ0) is 16.8. The summed E-state index contributed by atoms with van der Waals surface area (Å²) in [6, 6.07) is 7.47. The molecule has 1 N–H and O–H groups in total. The molecule has 1 fully saturated rings. The maximum absolute atomic E-state index is 12.5. The summed E-state index contributed by atoms with van der Waals surface area (Å²) in [7, 11) is 2.06. The lowest BCUT2D eigenvalue weighted by Crippen LogP contribution is -2.47. The van der Waals surface area contributed by atoms with E-state index in [1.54, 1.807) is 6.08 Å². The number of hydrogen-bond donors (Lipinski definition) is 1. The number of hydrogen-bond acceptors (Lipinski definition) is 3. The van der Waals surface area contributed by atoms with E-state index in [1.165, 1.54) is 0 Å². The molecule has 0 bridgehead atoms. The fourth-order valence-electron chi connectivity index (χ4n) is 2.70. The first-order valence-corrected chi connectivity index (χ1v) is 8.00. The van der Waals surface area contributed by atoms with Crippen molar-refractivity contribution in [3.05, 3.63) is 41.5 Å². The highest BCUT2D eigenvalue weighted by Gasteiger charge is 2.20. The van der Waals surface area contributed by atoms with E-state index in [0.29, 0.717) is 5.56 Å². The van der Waals surface area contributed by atoms with Crippen molar-refractivity contribution >= 4 is 17.4 Å². The van der Waals surface area contributed by atoms with E-state index in [1.807, 2.05) is 36.1 Å². The van der Waals surface area contributed by atoms with Crippen LogP contribution in [0.1, 0.15) is 35.7 Å². The Bertz CT molecular complexity index is 585. The highest BCUT2D eigenvalue weighted by Crippen LogP contribution is 2.20. The third-order valence-electron chi connectivity index (χ3n) is 4.20. The molecule has 0 unspecified atom stereocenters. The Balaban J connectivity index is 2.07. The number of benzene rings is 1. The van der Waals surface area contributed by atoms with Crippen LogP contribution < -0.4 is 0 Å². The van der Waals surface area contributed by atoms with Crippen LogP contribution in [-0.2, 0) is 4.79 Å². The molecule has 124 valence electrons. The molecular weight excluding hydrogens is 292 g/mol. The smallest absolute Gasteiger partial charge is 0.307 e. The van der Waals surface area contributed by atoms with E-state index in [4.69, 9.17) is 5.11 Å². The summed E-state index contributed by atoms with van der Waals surface area (Å²) in [5, 5.41) is 8.79. The predicted molar refractivity (Wildman–Crippen MR) is 90.4 cm³/mol. The molecule has 0 aliphatic carbocycles. The van der Waals surface area contributed by atoms with Crippen molar-refractivity contribution in [3.8, 4) is 0 Å². The average Bonchev–Trinajstić information content (AvgIpc) is 2.56. The average molecular weight is 316 g/mol. The van der Waals surface area contributed by atoms with E-state index in [0.717, 1.165) is 43.7 Å². The fraction of sp³-hybridized carbons (Fsp3) is 0.444. The lowest BCUT2D eigenvalue weighted by Gasteiger charge is -2.32. The number of carbonyl (C=O) groups is 2. The number of carbonyl (C=O) groups excluding carboxylic acids is 1. The zero-order valence-electron chi connectivity index (χ0n) is 13.8. The fourth-order valence-corrected chi connectivity index (χ4v) is 2.70. The summed E-state index contributed by atoms with van der Waals surface area (Å²) in [5.41, 5.74) is 2.65. The molecule has 5 heteroatoms. The van der Waals surface area contributed by atoms with Gasteiger partial charge in [0.1, 0.15) is 0 Å². The number of nitrogens with zero attached hydrogens (tertiary/aromatic N) is 2. The lowest BCUT2D eigenvalue weighted by molar-refractivity contribution is -0.136. The summed E-state index contributed by atoms with van der Waals surface area (Å²) in [4.78, 5) is 27.3. The minimum atomic E-state index is -0.835. The maximum Gasteiger partial charge on any atom is 0.307 e. The Labute approximate surface area is 137 Å². The molecule has 1 amide bonds. The Morgan fingerprint density at radius 3 is 2.17 bits per heavy atom. The van der Waals surface area contributed by atoms with Gasteiger partial charge >= 0.3 is 5.97 Å². The van der Waals surface area contributed by atoms with Crippen LogP contribution in [0.4, 0.5) is 0 Å². The highest BCUT2D eigenvalue weighted by molar-refractivity contribution is 5.94. The van der Waals surface area contributed by atoms with Gasteiger partial charge in [0, 0.05) is 31.7 Å². The number of aliphatic carboxylic acids is 1. The van der Waals surface area contributed by atoms with E-state index < -0.39 is 5.97 Å². The highest BCUT2D eigenvalue weighted by atomic mass is 16.4. The van der Waals surface area contributed by atoms with Crippen LogP contribution >= 0.6 is 0 Å². The third-order valence-corrected chi connectivity index (χ3v) is 4.20. The summed E-state index contributed by atoms with van der Waals surface area (Å²) < 4.78 is 0. The van der Waals surface area contributed by atoms with Gasteiger partial charge in [-0.25, -0.2) is 0 Å². The van der Waals surface area contributed by atoms with Gasteiger partial charge in [-0.1, -0.05) is 25.1 Å². The Morgan fingerprint density at radius 2 is 1.65 bits per heavy atom. The van der Waals surface area contributed by atoms with Gasteiger partial charge in [0.05, 0.1) is 6.42 Å². The number of carboxylic acids is 1. The van der Waals surface area contributed by atoms with Crippen molar-refractivity contribution in [2.24, 2.45) is 0 Å². The van der Waals surface area contributed by atoms with Crippen LogP contribution in [0, 0.1) is 0 Å². The number of likely N-dealkylation sites (N-methyl/N-ethyl adjacent to an activating group) is 1. The molecule has 23 heavy (non-hydrogen) atoms. The molecule has 1 saturated heterocycles. The number of amides is 1. The number of piperazine rings is 1. The molecule has 0 atom stereocenters. The van der Waals surface area contributed by atoms with Crippen LogP contribution in [0.3, 0.4) is 0 Å². The standard InChI is InChI=1S/C18H24N2O3/c1-3-14(8-9-17(21)22)15-4-6-16(7-5-15)18(23)20-12-10-19(2)11-13-20/h4-8H,3,9-13H2,1-2H3,(H,21,22)/b14-8+. The quantitative estimate of drug-likeness (QED) is 0.906. The Morgan fingerprint density at radius 1 is 1.09 bits per heavy atom. The summed E-state index contributed by atoms with van der Waals surface area (Å²) >= 11 is 0. The summed E-state index contributed by atoms with van der Waals surface area (Å²) in [5.74, 6) is -0.768. The van der Waals surface area contributed by atoms with Gasteiger partial charge in [-0.15, -0.1) is 0 Å². The van der Waals surface area contributed by atoms with E-state index >= 15 is 0 Å². The maximum atomic E-state index is 12.5. The first-order chi connectivity index (χ1) is 11.0. The van der Waals surface area contributed by atoms with Gasteiger partial charge in [0.15, 0.2) is 0 Å². The van der Waals surface area contributed by atoms with Crippen molar-refractivity contribution < 1.29 is 14.7 Å². The third kappa shape index (κ3) is 4.66. The number of rotatable bonds is 5. The monoisotopic (exact) mass is 316 g/mol. The second-order valence-corrected chi connectivity index (χ2v) is 5.85. The molecule has 0 saturated carbocycles. The molecular formula is C18H24N2O3. The first kappa shape index (κ1) is 17.2. The molecule has 1 aromatic carbocycles. The lowest BCUT2D eigenvalue weighted by atomic mass is 10.0. The minimum absolute atomic E-state index is 0.0190. The molecule has 2 rings (SSSR count). The predicted octanol–water partition coefficient (Wildman–Crippen LogP) is 2.34. The van der Waals surface area contributed by atoms with Gasteiger partial charge in [0.25, 0.3) is 5.91 Å². The molecule has 1 aliphatic heterocycles. The molecule has 0 spiro atoms. The van der Waals surface area contributed by atoms with Crippen molar-refractivity contribution in [2.45, 2.75) is 19.8 Å². The topological polar surface area (TPSA) is 60.9 Å². The van der Waals surface area contributed by atoms with Crippen molar-refractivity contribution in [1.29, 1.82) is 0 Å². The van der Waals surface area contributed by atoms with Crippen molar-refractivity contribution in [2.75, 3.05) is 33.2 Å². The van der Waals surface area contributed by atoms with Crippen LogP contribution in [0.5, 0.6) is 0 Å². The number of allylic oxidation sites excluding steroid dienone is 1. The largest absolute Gasteiger partial charge is 0.481 e. The van der Waals surface area contributed by atoms with E-state index in [9.17, 15) is 9.59 Å². The molecule has 1 aromatic rings. The van der Waals surface area contributed by atoms with Gasteiger partial charge in [-0.2, -0.15) is 0 Å².